The van der Waals surface area contributed by atoms with E-state index in [2.05, 4.69) is 5.32 Å². The molecule has 0 spiro atoms. The smallest absolute Gasteiger partial charge is 0.264 e. The fraction of sp³-hybridized carbons (Fsp3) is 0.545. The lowest BCUT2D eigenvalue weighted by atomic mass is 10.0. The van der Waals surface area contributed by atoms with Gasteiger partial charge in [0.2, 0.25) is 0 Å². The Morgan fingerprint density at radius 2 is 2.59 bits per heavy atom. The molecule has 1 fully saturated rings. The number of ether oxygens (including phenoxy) is 2. The van der Waals surface area contributed by atoms with E-state index < -0.39 is 17.3 Å². The van der Waals surface area contributed by atoms with Crippen LogP contribution in [-0.4, -0.2) is 38.4 Å². The number of methoxy groups -OCH3 is 1. The van der Waals surface area contributed by atoms with E-state index in [0.29, 0.717) is 19.8 Å². The molecule has 1 amide bonds. The summed E-state index contributed by atoms with van der Waals surface area (Å²) in [5.41, 5.74) is -0.469. The van der Waals surface area contributed by atoms with Gasteiger partial charge >= 0.3 is 0 Å². The third kappa shape index (κ3) is 2.65. The van der Waals surface area contributed by atoms with Crippen molar-refractivity contribution in [2.45, 2.75) is 12.0 Å². The Balaban J connectivity index is 1.94. The van der Waals surface area contributed by atoms with Gasteiger partial charge in [0.15, 0.2) is 0 Å². The van der Waals surface area contributed by atoms with Gasteiger partial charge in [0.05, 0.1) is 6.61 Å². The molecular formula is C11H14FNO3S. The van der Waals surface area contributed by atoms with Crippen molar-refractivity contribution in [1.29, 1.82) is 0 Å². The van der Waals surface area contributed by atoms with Crippen LogP contribution in [0.3, 0.4) is 0 Å². The number of hydrogen-bond acceptors (Lipinski definition) is 4. The van der Waals surface area contributed by atoms with Gasteiger partial charge in [-0.1, -0.05) is 0 Å². The van der Waals surface area contributed by atoms with Crippen molar-refractivity contribution >= 4 is 17.2 Å². The van der Waals surface area contributed by atoms with Crippen molar-refractivity contribution in [2.75, 3.05) is 26.9 Å². The first kappa shape index (κ1) is 12.5. The zero-order valence-electron chi connectivity index (χ0n) is 9.49. The Morgan fingerprint density at radius 3 is 3.12 bits per heavy atom. The molecule has 0 aliphatic carbocycles. The normalized spacial score (nSPS) is 23.9. The molecule has 0 saturated carbocycles. The molecule has 1 aliphatic heterocycles. The zero-order chi connectivity index (χ0) is 12.3. The molecule has 0 radical (unpaired) electrons. The SMILES string of the molecule is COC1(CNC(=O)c2sccc2F)CCOC1. The quantitative estimate of drug-likeness (QED) is 0.889. The van der Waals surface area contributed by atoms with Gasteiger partial charge in [-0.2, -0.15) is 0 Å². The largest absolute Gasteiger partial charge is 0.378 e. The Morgan fingerprint density at radius 1 is 1.76 bits per heavy atom. The fourth-order valence-electron chi connectivity index (χ4n) is 1.74. The Kier molecular flexibility index (Phi) is 3.76. The van der Waals surface area contributed by atoms with E-state index in [-0.39, 0.29) is 4.88 Å². The highest BCUT2D eigenvalue weighted by Crippen LogP contribution is 2.22. The molecule has 1 saturated heterocycles. The van der Waals surface area contributed by atoms with Gasteiger partial charge in [-0.25, -0.2) is 4.39 Å². The summed E-state index contributed by atoms with van der Waals surface area (Å²) in [6, 6.07) is 1.28. The van der Waals surface area contributed by atoms with Crippen LogP contribution in [0.4, 0.5) is 4.39 Å². The second-order valence-electron chi connectivity index (χ2n) is 3.97. The van der Waals surface area contributed by atoms with Gasteiger partial charge in [0.25, 0.3) is 5.91 Å². The molecule has 1 N–H and O–H groups in total. The van der Waals surface area contributed by atoms with Gasteiger partial charge in [0.1, 0.15) is 16.3 Å². The average molecular weight is 259 g/mol. The number of thiophene rings is 1. The molecule has 94 valence electrons. The zero-order valence-corrected chi connectivity index (χ0v) is 10.3. The predicted molar refractivity (Wildman–Crippen MR) is 61.8 cm³/mol. The summed E-state index contributed by atoms with van der Waals surface area (Å²) in [5.74, 6) is -0.887. The van der Waals surface area contributed by atoms with Crippen molar-refractivity contribution < 1.29 is 18.7 Å². The van der Waals surface area contributed by atoms with E-state index in [1.165, 1.54) is 6.07 Å². The maximum absolute atomic E-state index is 13.2. The topological polar surface area (TPSA) is 47.6 Å². The second-order valence-corrected chi connectivity index (χ2v) is 4.89. The molecule has 4 nitrogen and oxygen atoms in total. The molecule has 1 atom stereocenters. The van der Waals surface area contributed by atoms with Crippen LogP contribution < -0.4 is 5.32 Å². The summed E-state index contributed by atoms with van der Waals surface area (Å²) in [4.78, 5) is 11.8. The lowest BCUT2D eigenvalue weighted by Gasteiger charge is -2.25. The summed E-state index contributed by atoms with van der Waals surface area (Å²) in [7, 11) is 1.59. The van der Waals surface area contributed by atoms with Crippen molar-refractivity contribution in [1.82, 2.24) is 5.32 Å². The molecule has 1 aromatic rings. The Labute approximate surface area is 103 Å². The summed E-state index contributed by atoms with van der Waals surface area (Å²) in [6.45, 7) is 1.41. The van der Waals surface area contributed by atoms with Crippen molar-refractivity contribution in [3.8, 4) is 0 Å². The minimum atomic E-state index is -0.485. The van der Waals surface area contributed by atoms with Crippen molar-refractivity contribution in [3.63, 3.8) is 0 Å². The van der Waals surface area contributed by atoms with Crippen LogP contribution in [0.25, 0.3) is 0 Å². The van der Waals surface area contributed by atoms with Crippen LogP contribution in [0.2, 0.25) is 0 Å². The molecule has 6 heteroatoms. The molecular weight excluding hydrogens is 245 g/mol. The highest BCUT2D eigenvalue weighted by molar-refractivity contribution is 7.12. The fourth-order valence-corrected chi connectivity index (χ4v) is 2.42. The Hall–Kier alpha value is -0.980. The number of nitrogens with one attached hydrogen (secondary N) is 1. The van der Waals surface area contributed by atoms with E-state index in [1.54, 1.807) is 12.5 Å². The molecule has 2 rings (SSSR count). The molecule has 17 heavy (non-hydrogen) atoms. The van der Waals surface area contributed by atoms with E-state index in [4.69, 9.17) is 9.47 Å². The van der Waals surface area contributed by atoms with Crippen molar-refractivity contribution in [3.05, 3.63) is 22.1 Å². The summed E-state index contributed by atoms with van der Waals surface area (Å²) in [5, 5.41) is 4.24. The Bertz CT molecular complexity index is 401. The predicted octanol–water partition coefficient (Wildman–Crippen LogP) is 1.42. The standard InChI is InChI=1S/C11H14FNO3S/c1-15-11(3-4-16-7-11)6-13-10(14)9-8(12)2-5-17-9/h2,5H,3-4,6-7H2,1H3,(H,13,14). The van der Waals surface area contributed by atoms with Crippen LogP contribution in [0, 0.1) is 5.82 Å². The summed E-state index contributed by atoms with van der Waals surface area (Å²) in [6.07, 6.45) is 0.733. The third-order valence-corrected chi connectivity index (χ3v) is 3.78. The molecule has 0 bridgehead atoms. The molecule has 1 aromatic heterocycles. The first-order valence-electron chi connectivity index (χ1n) is 5.31. The van der Waals surface area contributed by atoms with Gasteiger partial charge in [-0.3, -0.25) is 4.79 Å². The number of carbonyl (C=O) groups excluding carboxylic acids is 1. The highest BCUT2D eigenvalue weighted by atomic mass is 32.1. The molecule has 0 aromatic carbocycles. The molecule has 2 heterocycles. The van der Waals surface area contributed by atoms with Crippen molar-refractivity contribution in [2.24, 2.45) is 0 Å². The lowest BCUT2D eigenvalue weighted by molar-refractivity contribution is -0.0148. The first-order valence-corrected chi connectivity index (χ1v) is 6.19. The maximum Gasteiger partial charge on any atom is 0.264 e. The highest BCUT2D eigenvalue weighted by Gasteiger charge is 2.35. The van der Waals surface area contributed by atoms with E-state index in [1.807, 2.05) is 0 Å². The summed E-state index contributed by atoms with van der Waals surface area (Å²) < 4.78 is 23.8. The van der Waals surface area contributed by atoms with Gasteiger partial charge < -0.3 is 14.8 Å². The summed E-state index contributed by atoms with van der Waals surface area (Å²) >= 11 is 1.09. The molecule has 1 unspecified atom stereocenters. The molecule has 1 aliphatic rings. The van der Waals surface area contributed by atoms with Gasteiger partial charge in [-0.05, 0) is 11.4 Å². The van der Waals surface area contributed by atoms with Gasteiger partial charge in [-0.15, -0.1) is 11.3 Å². The maximum atomic E-state index is 13.2. The van der Waals surface area contributed by atoms with Crippen LogP contribution in [-0.2, 0) is 9.47 Å². The van der Waals surface area contributed by atoms with E-state index in [0.717, 1.165) is 17.8 Å². The number of carbonyl (C=O) groups is 1. The minimum Gasteiger partial charge on any atom is -0.378 e. The van der Waals surface area contributed by atoms with E-state index in [9.17, 15) is 9.18 Å². The first-order chi connectivity index (χ1) is 8.17. The second kappa shape index (κ2) is 5.12. The third-order valence-electron chi connectivity index (χ3n) is 2.89. The number of halogens is 1. The number of rotatable bonds is 4. The van der Waals surface area contributed by atoms with Crippen LogP contribution >= 0.6 is 11.3 Å². The average Bonchev–Trinajstić information content (AvgIpc) is 2.95. The number of amides is 1. The van der Waals surface area contributed by atoms with Crippen LogP contribution in [0.5, 0.6) is 0 Å². The van der Waals surface area contributed by atoms with E-state index >= 15 is 0 Å². The van der Waals surface area contributed by atoms with Crippen LogP contribution in [0.1, 0.15) is 16.1 Å². The van der Waals surface area contributed by atoms with Crippen LogP contribution in [0.15, 0.2) is 11.4 Å². The van der Waals surface area contributed by atoms with Gasteiger partial charge in [0, 0.05) is 26.7 Å². The monoisotopic (exact) mass is 259 g/mol. The lowest BCUT2D eigenvalue weighted by Crippen LogP contribution is -2.45. The minimum absolute atomic E-state index is 0.107. The number of hydrogen-bond donors (Lipinski definition) is 1.